The van der Waals surface area contributed by atoms with E-state index in [4.69, 9.17) is 9.66 Å². The van der Waals surface area contributed by atoms with Crippen LogP contribution < -0.4 is 0 Å². The summed E-state index contributed by atoms with van der Waals surface area (Å²) < 4.78 is 33.2. The van der Waals surface area contributed by atoms with Gasteiger partial charge in [0.25, 0.3) is 0 Å². The molecule has 1 aromatic rings. The predicted octanol–water partition coefficient (Wildman–Crippen LogP) is 0.632. The normalized spacial score (nSPS) is 13.4. The molecule has 2 N–H and O–H groups in total. The molecule has 0 aromatic heterocycles. The molecular weight excluding hydrogens is 224 g/mol. The van der Waals surface area contributed by atoms with Gasteiger partial charge in [0.05, 0.1) is 0 Å². The van der Waals surface area contributed by atoms with Crippen molar-refractivity contribution in [3.05, 3.63) is 35.9 Å². The second-order valence-electron chi connectivity index (χ2n) is 2.65. The summed E-state index contributed by atoms with van der Waals surface area (Å²) in [6.45, 7) is 0. The van der Waals surface area contributed by atoms with Gasteiger partial charge in [-0.3, -0.25) is 4.55 Å². The van der Waals surface area contributed by atoms with Gasteiger partial charge in [-0.05, 0) is 5.56 Å². The van der Waals surface area contributed by atoms with Gasteiger partial charge in [-0.2, -0.15) is 8.42 Å². The number of carbonyl (C=O) groups is 1. The molecule has 0 aliphatic heterocycles. The van der Waals surface area contributed by atoms with Crippen LogP contribution in [0.1, 0.15) is 11.7 Å². The second-order valence-corrected chi connectivity index (χ2v) is 3.70. The SMILES string of the molecule is O=C(O)[C@H](OS(=O)(=O)O)c1ccccc1. The third-order valence-electron chi connectivity index (χ3n) is 1.54. The van der Waals surface area contributed by atoms with E-state index < -0.39 is 22.5 Å². The zero-order chi connectivity index (χ0) is 11.5. The van der Waals surface area contributed by atoms with E-state index in [2.05, 4.69) is 4.18 Å². The molecule has 82 valence electrons. The molecule has 0 amide bonds. The quantitative estimate of drug-likeness (QED) is 0.738. The summed E-state index contributed by atoms with van der Waals surface area (Å²) in [6, 6.07) is 7.45. The largest absolute Gasteiger partial charge is 0.479 e. The van der Waals surface area contributed by atoms with Crippen molar-refractivity contribution in [3.8, 4) is 0 Å². The van der Waals surface area contributed by atoms with Crippen molar-refractivity contribution in [3.63, 3.8) is 0 Å². The van der Waals surface area contributed by atoms with Crippen LogP contribution in [-0.4, -0.2) is 24.0 Å². The van der Waals surface area contributed by atoms with Crippen LogP contribution in [0.2, 0.25) is 0 Å². The molecule has 1 rings (SSSR count). The Morgan fingerprint density at radius 3 is 2.20 bits per heavy atom. The van der Waals surface area contributed by atoms with Crippen molar-refractivity contribution < 1.29 is 27.1 Å². The van der Waals surface area contributed by atoms with Gasteiger partial charge in [-0.15, -0.1) is 0 Å². The first-order chi connectivity index (χ1) is 6.90. The molecule has 6 nitrogen and oxygen atoms in total. The van der Waals surface area contributed by atoms with Gasteiger partial charge in [0.2, 0.25) is 6.10 Å². The van der Waals surface area contributed by atoms with Crippen molar-refractivity contribution in [1.82, 2.24) is 0 Å². The van der Waals surface area contributed by atoms with E-state index in [0.29, 0.717) is 0 Å². The Bertz CT molecular complexity index is 437. The minimum absolute atomic E-state index is 0.127. The molecule has 0 saturated carbocycles. The number of aliphatic carboxylic acids is 1. The molecule has 0 bridgehead atoms. The fourth-order valence-electron chi connectivity index (χ4n) is 0.989. The van der Waals surface area contributed by atoms with Crippen LogP contribution in [0.15, 0.2) is 30.3 Å². The third kappa shape index (κ3) is 3.66. The summed E-state index contributed by atoms with van der Waals surface area (Å²) in [5, 5.41) is 8.69. The van der Waals surface area contributed by atoms with E-state index >= 15 is 0 Å². The smallest absolute Gasteiger partial charge is 0.398 e. The predicted molar refractivity (Wildman–Crippen MR) is 49.5 cm³/mol. The summed E-state index contributed by atoms with van der Waals surface area (Å²) in [5.41, 5.74) is 0.127. The number of carboxylic acid groups (broad SMARTS) is 1. The minimum Gasteiger partial charge on any atom is -0.479 e. The van der Waals surface area contributed by atoms with Crippen LogP contribution in [0.3, 0.4) is 0 Å². The minimum atomic E-state index is -4.80. The monoisotopic (exact) mass is 232 g/mol. The van der Waals surface area contributed by atoms with E-state index in [1.54, 1.807) is 6.07 Å². The Labute approximate surface area is 86.1 Å². The first-order valence-electron chi connectivity index (χ1n) is 3.83. The van der Waals surface area contributed by atoms with Gasteiger partial charge in [0.1, 0.15) is 0 Å². The molecule has 0 heterocycles. The number of rotatable bonds is 4. The molecule has 15 heavy (non-hydrogen) atoms. The van der Waals surface area contributed by atoms with Crippen LogP contribution in [0, 0.1) is 0 Å². The third-order valence-corrected chi connectivity index (χ3v) is 1.98. The zero-order valence-electron chi connectivity index (χ0n) is 7.40. The summed E-state index contributed by atoms with van der Waals surface area (Å²) in [5.74, 6) is -1.50. The van der Waals surface area contributed by atoms with Gasteiger partial charge >= 0.3 is 16.4 Å². The van der Waals surface area contributed by atoms with Gasteiger partial charge in [-0.25, -0.2) is 8.98 Å². The van der Waals surface area contributed by atoms with Crippen LogP contribution >= 0.6 is 0 Å². The highest BCUT2D eigenvalue weighted by molar-refractivity contribution is 7.80. The van der Waals surface area contributed by atoms with E-state index in [1.165, 1.54) is 24.3 Å². The van der Waals surface area contributed by atoms with Crippen molar-refractivity contribution in [2.45, 2.75) is 6.10 Å². The van der Waals surface area contributed by atoms with Crippen LogP contribution in [0.4, 0.5) is 0 Å². The molecular formula is C8H8O6S. The molecule has 1 aromatic carbocycles. The number of benzene rings is 1. The van der Waals surface area contributed by atoms with Gasteiger partial charge in [0, 0.05) is 0 Å². The number of hydrogen-bond donors (Lipinski definition) is 2. The first kappa shape index (κ1) is 11.6. The van der Waals surface area contributed by atoms with Gasteiger partial charge < -0.3 is 5.11 Å². The fourth-order valence-corrected chi connectivity index (χ4v) is 1.43. The number of carboxylic acids is 1. The highest BCUT2D eigenvalue weighted by Gasteiger charge is 2.25. The Hall–Kier alpha value is -1.44. The maximum atomic E-state index is 10.7. The highest BCUT2D eigenvalue weighted by atomic mass is 32.3. The second kappa shape index (κ2) is 4.39. The summed E-state index contributed by atoms with van der Waals surface area (Å²) >= 11 is 0. The summed E-state index contributed by atoms with van der Waals surface area (Å²) in [6.07, 6.45) is -1.73. The molecule has 0 saturated heterocycles. The van der Waals surface area contributed by atoms with E-state index in [9.17, 15) is 13.2 Å². The van der Waals surface area contributed by atoms with Crippen molar-refractivity contribution in [1.29, 1.82) is 0 Å². The molecule has 7 heteroatoms. The van der Waals surface area contributed by atoms with Crippen LogP contribution in [0.5, 0.6) is 0 Å². The standard InChI is InChI=1S/C8H8O6S/c9-8(10)7(14-15(11,12)13)6-4-2-1-3-5-6/h1-5,7H,(H,9,10)(H,11,12,13)/t7-/m1/s1. The molecule has 0 radical (unpaired) electrons. The lowest BCUT2D eigenvalue weighted by molar-refractivity contribution is -0.145. The van der Waals surface area contributed by atoms with E-state index in [0.717, 1.165) is 0 Å². The molecule has 1 atom stereocenters. The summed E-state index contributed by atoms with van der Waals surface area (Å²) in [4.78, 5) is 10.7. The van der Waals surface area contributed by atoms with Crippen LogP contribution in [-0.2, 0) is 19.4 Å². The molecule has 0 fully saturated rings. The maximum absolute atomic E-state index is 10.7. The lowest BCUT2D eigenvalue weighted by Gasteiger charge is -2.10. The molecule has 0 spiro atoms. The molecule has 0 aliphatic carbocycles. The first-order valence-corrected chi connectivity index (χ1v) is 5.20. The average Bonchev–Trinajstić information content (AvgIpc) is 2.14. The molecule has 0 unspecified atom stereocenters. The Kier molecular flexibility index (Phi) is 3.40. The van der Waals surface area contributed by atoms with Crippen molar-refractivity contribution in [2.75, 3.05) is 0 Å². The molecule has 0 aliphatic rings. The van der Waals surface area contributed by atoms with Gasteiger partial charge in [0.15, 0.2) is 0 Å². The Balaban J connectivity index is 3.00. The zero-order valence-corrected chi connectivity index (χ0v) is 8.22. The Morgan fingerprint density at radius 1 is 1.27 bits per heavy atom. The van der Waals surface area contributed by atoms with Crippen molar-refractivity contribution >= 4 is 16.4 Å². The highest BCUT2D eigenvalue weighted by Crippen LogP contribution is 2.18. The van der Waals surface area contributed by atoms with Crippen LogP contribution in [0.25, 0.3) is 0 Å². The lowest BCUT2D eigenvalue weighted by Crippen LogP contribution is -2.19. The lowest BCUT2D eigenvalue weighted by atomic mass is 10.1. The van der Waals surface area contributed by atoms with E-state index in [-0.39, 0.29) is 5.56 Å². The fraction of sp³-hybridized carbons (Fsp3) is 0.125. The maximum Gasteiger partial charge on any atom is 0.398 e. The summed E-state index contributed by atoms with van der Waals surface area (Å²) in [7, 11) is -4.80. The number of hydrogen-bond acceptors (Lipinski definition) is 4. The van der Waals surface area contributed by atoms with Gasteiger partial charge in [-0.1, -0.05) is 30.3 Å². The average molecular weight is 232 g/mol. The van der Waals surface area contributed by atoms with E-state index in [1.807, 2.05) is 0 Å². The Morgan fingerprint density at radius 2 is 1.80 bits per heavy atom. The topological polar surface area (TPSA) is 101 Å². The van der Waals surface area contributed by atoms with Crippen molar-refractivity contribution in [2.24, 2.45) is 0 Å².